The van der Waals surface area contributed by atoms with E-state index in [0.717, 1.165) is 0 Å². The fourth-order valence-corrected chi connectivity index (χ4v) is 1.23. The lowest BCUT2D eigenvalue weighted by atomic mass is 10.0. The number of carboxylic acid groups (broad SMARTS) is 1. The highest BCUT2D eigenvalue weighted by molar-refractivity contribution is 5.90. The Morgan fingerprint density at radius 2 is 1.78 bits per heavy atom. The van der Waals surface area contributed by atoms with Gasteiger partial charge < -0.3 is 21.5 Å². The summed E-state index contributed by atoms with van der Waals surface area (Å²) in [6.07, 6.45) is 0.305. The standard InChI is InChI=1S/C11H21N3O4/c1-6(2)5-7(8(15)16)13-10(18)14-11(3,4)9(12)17/h6-7H,5H2,1-4H3,(H2,12,17)(H,15,16)(H2,13,14,18)/t7-/m0/s1. The second-order valence-electron chi connectivity index (χ2n) is 5.11. The quantitative estimate of drug-likeness (QED) is 0.538. The number of urea groups is 1. The Morgan fingerprint density at radius 1 is 1.28 bits per heavy atom. The van der Waals surface area contributed by atoms with Crippen LogP contribution >= 0.6 is 0 Å². The second kappa shape index (κ2) is 6.23. The van der Waals surface area contributed by atoms with Gasteiger partial charge >= 0.3 is 12.0 Å². The molecular formula is C11H21N3O4. The monoisotopic (exact) mass is 259 g/mol. The molecule has 5 N–H and O–H groups in total. The van der Waals surface area contributed by atoms with E-state index in [-0.39, 0.29) is 5.92 Å². The predicted molar refractivity (Wildman–Crippen MR) is 65.8 cm³/mol. The van der Waals surface area contributed by atoms with E-state index in [1.54, 1.807) is 0 Å². The molecule has 0 aliphatic rings. The molecule has 7 nitrogen and oxygen atoms in total. The first kappa shape index (κ1) is 16.2. The van der Waals surface area contributed by atoms with Gasteiger partial charge in [-0.25, -0.2) is 9.59 Å². The molecule has 0 fully saturated rings. The highest BCUT2D eigenvalue weighted by Crippen LogP contribution is 2.05. The van der Waals surface area contributed by atoms with E-state index in [1.165, 1.54) is 13.8 Å². The van der Waals surface area contributed by atoms with Crippen molar-refractivity contribution in [2.75, 3.05) is 0 Å². The third kappa shape index (κ3) is 5.51. The number of rotatable bonds is 6. The van der Waals surface area contributed by atoms with Crippen LogP contribution in [0.4, 0.5) is 4.79 Å². The molecule has 0 aliphatic carbocycles. The van der Waals surface area contributed by atoms with E-state index >= 15 is 0 Å². The minimum atomic E-state index is -1.23. The maximum atomic E-state index is 11.6. The molecule has 1 atom stereocenters. The van der Waals surface area contributed by atoms with Gasteiger partial charge in [0.2, 0.25) is 5.91 Å². The molecule has 0 bridgehead atoms. The number of aliphatic carboxylic acids is 1. The number of hydrogen-bond donors (Lipinski definition) is 4. The molecule has 0 radical (unpaired) electrons. The molecule has 18 heavy (non-hydrogen) atoms. The smallest absolute Gasteiger partial charge is 0.326 e. The number of primary amides is 1. The average molecular weight is 259 g/mol. The van der Waals surface area contributed by atoms with Crippen molar-refractivity contribution in [1.29, 1.82) is 0 Å². The van der Waals surface area contributed by atoms with Crippen LogP contribution in [0.2, 0.25) is 0 Å². The summed E-state index contributed by atoms with van der Waals surface area (Å²) in [6.45, 7) is 6.58. The van der Waals surface area contributed by atoms with Gasteiger partial charge in [-0.1, -0.05) is 13.8 Å². The summed E-state index contributed by atoms with van der Waals surface area (Å²) in [6, 6.07) is -1.72. The van der Waals surface area contributed by atoms with Crippen LogP contribution in [0.1, 0.15) is 34.1 Å². The average Bonchev–Trinajstić information content (AvgIpc) is 2.14. The molecule has 0 aromatic rings. The zero-order chi connectivity index (χ0) is 14.5. The Hall–Kier alpha value is -1.79. The van der Waals surface area contributed by atoms with Crippen molar-refractivity contribution in [2.45, 2.75) is 45.7 Å². The summed E-state index contributed by atoms with van der Waals surface area (Å²) in [5.41, 5.74) is 3.86. The van der Waals surface area contributed by atoms with E-state index in [4.69, 9.17) is 10.8 Å². The molecule has 0 rings (SSSR count). The zero-order valence-electron chi connectivity index (χ0n) is 11.1. The number of carboxylic acids is 1. The molecule has 0 saturated heterocycles. The molecular weight excluding hydrogens is 238 g/mol. The maximum Gasteiger partial charge on any atom is 0.326 e. The van der Waals surface area contributed by atoms with Gasteiger partial charge in [-0.2, -0.15) is 0 Å². The van der Waals surface area contributed by atoms with Gasteiger partial charge in [0.1, 0.15) is 11.6 Å². The molecule has 0 saturated carbocycles. The van der Waals surface area contributed by atoms with Crippen molar-refractivity contribution in [2.24, 2.45) is 11.7 Å². The predicted octanol–water partition coefficient (Wildman–Crippen LogP) is 0.0488. The van der Waals surface area contributed by atoms with Crippen molar-refractivity contribution >= 4 is 17.9 Å². The number of amides is 3. The Labute approximate surface area is 106 Å². The molecule has 0 unspecified atom stereocenters. The zero-order valence-corrected chi connectivity index (χ0v) is 11.1. The largest absolute Gasteiger partial charge is 0.480 e. The van der Waals surface area contributed by atoms with Crippen LogP contribution in [0.3, 0.4) is 0 Å². The summed E-state index contributed by atoms with van der Waals surface area (Å²) >= 11 is 0. The first-order chi connectivity index (χ1) is 8.06. The van der Waals surface area contributed by atoms with Crippen LogP contribution in [0, 0.1) is 5.92 Å². The first-order valence-corrected chi connectivity index (χ1v) is 5.67. The highest BCUT2D eigenvalue weighted by atomic mass is 16.4. The van der Waals surface area contributed by atoms with E-state index in [1.807, 2.05) is 13.8 Å². The van der Waals surface area contributed by atoms with Crippen molar-refractivity contribution in [1.82, 2.24) is 10.6 Å². The minimum absolute atomic E-state index is 0.121. The van der Waals surface area contributed by atoms with Crippen molar-refractivity contribution < 1.29 is 19.5 Å². The second-order valence-corrected chi connectivity index (χ2v) is 5.11. The van der Waals surface area contributed by atoms with Gasteiger partial charge in [0.25, 0.3) is 0 Å². The number of hydrogen-bond acceptors (Lipinski definition) is 3. The Morgan fingerprint density at radius 3 is 2.11 bits per heavy atom. The lowest BCUT2D eigenvalue weighted by molar-refractivity contribution is -0.139. The first-order valence-electron chi connectivity index (χ1n) is 5.67. The number of carbonyl (C=O) groups is 3. The molecule has 7 heteroatoms. The molecule has 0 aromatic carbocycles. The molecule has 3 amide bonds. The van der Waals surface area contributed by atoms with Gasteiger partial charge in [-0.05, 0) is 26.2 Å². The summed E-state index contributed by atoms with van der Waals surface area (Å²) in [7, 11) is 0. The normalized spacial score (nSPS) is 12.9. The lowest BCUT2D eigenvalue weighted by Gasteiger charge is -2.24. The number of nitrogens with one attached hydrogen (secondary N) is 2. The topological polar surface area (TPSA) is 122 Å². The van der Waals surface area contributed by atoms with Gasteiger partial charge in [0, 0.05) is 0 Å². The summed E-state index contributed by atoms with van der Waals surface area (Å²) in [4.78, 5) is 33.5. The lowest BCUT2D eigenvalue weighted by Crippen LogP contribution is -2.58. The Kier molecular flexibility index (Phi) is 5.61. The van der Waals surface area contributed by atoms with Gasteiger partial charge in [-0.15, -0.1) is 0 Å². The van der Waals surface area contributed by atoms with Gasteiger partial charge in [0.05, 0.1) is 0 Å². The molecule has 0 spiro atoms. The maximum absolute atomic E-state index is 11.6. The van der Waals surface area contributed by atoms with Gasteiger partial charge in [-0.3, -0.25) is 4.79 Å². The summed E-state index contributed by atoms with van der Waals surface area (Å²) in [5, 5.41) is 13.6. The molecule has 0 heterocycles. The van der Waals surface area contributed by atoms with Crippen LogP contribution in [0.25, 0.3) is 0 Å². The van der Waals surface area contributed by atoms with E-state index in [9.17, 15) is 14.4 Å². The third-order valence-electron chi connectivity index (χ3n) is 2.35. The van der Waals surface area contributed by atoms with Crippen molar-refractivity contribution in [3.63, 3.8) is 0 Å². The number of carbonyl (C=O) groups excluding carboxylic acids is 2. The molecule has 0 aromatic heterocycles. The molecule has 0 aliphatic heterocycles. The fourth-order valence-electron chi connectivity index (χ4n) is 1.23. The van der Waals surface area contributed by atoms with Crippen LogP contribution < -0.4 is 16.4 Å². The van der Waals surface area contributed by atoms with Crippen LogP contribution in [0.5, 0.6) is 0 Å². The number of nitrogens with two attached hydrogens (primary N) is 1. The Balaban J connectivity index is 4.53. The van der Waals surface area contributed by atoms with Crippen LogP contribution in [-0.4, -0.2) is 34.6 Å². The molecule has 104 valence electrons. The summed E-state index contributed by atoms with van der Waals surface area (Å²) in [5.74, 6) is -1.69. The SMILES string of the molecule is CC(C)C[C@H](NC(=O)NC(C)(C)C(N)=O)C(=O)O. The van der Waals surface area contributed by atoms with Crippen molar-refractivity contribution in [3.05, 3.63) is 0 Å². The highest BCUT2D eigenvalue weighted by Gasteiger charge is 2.29. The summed E-state index contributed by atoms with van der Waals surface area (Å²) < 4.78 is 0. The fraction of sp³-hybridized carbons (Fsp3) is 0.727. The Bertz CT molecular complexity index is 339. The van der Waals surface area contributed by atoms with Crippen LogP contribution in [0.15, 0.2) is 0 Å². The van der Waals surface area contributed by atoms with E-state index in [0.29, 0.717) is 6.42 Å². The van der Waals surface area contributed by atoms with E-state index < -0.39 is 29.5 Å². The minimum Gasteiger partial charge on any atom is -0.480 e. The van der Waals surface area contributed by atoms with Crippen LogP contribution in [-0.2, 0) is 9.59 Å². The third-order valence-corrected chi connectivity index (χ3v) is 2.35. The van der Waals surface area contributed by atoms with Gasteiger partial charge in [0.15, 0.2) is 0 Å². The van der Waals surface area contributed by atoms with Crippen molar-refractivity contribution in [3.8, 4) is 0 Å². The van der Waals surface area contributed by atoms with E-state index in [2.05, 4.69) is 10.6 Å².